The first-order valence-electron chi connectivity index (χ1n) is 5.13. The van der Waals surface area contributed by atoms with Gasteiger partial charge in [-0.05, 0) is 34.2 Å². The number of rotatable bonds is 2. The maximum Gasteiger partial charge on any atom is 0.254 e. The number of hydrogen-bond donors (Lipinski definition) is 1. The van der Waals surface area contributed by atoms with E-state index in [2.05, 4.69) is 35.1 Å². The van der Waals surface area contributed by atoms with Crippen LogP contribution in [0.4, 0.5) is 0 Å². The Labute approximate surface area is 97.4 Å². The summed E-state index contributed by atoms with van der Waals surface area (Å²) in [4.78, 5) is 11.7. The van der Waals surface area contributed by atoms with Gasteiger partial charge >= 0.3 is 0 Å². The molecule has 0 bridgehead atoms. The second kappa shape index (κ2) is 4.00. The van der Waals surface area contributed by atoms with Crippen molar-refractivity contribution in [2.45, 2.75) is 26.3 Å². The molecule has 1 amide bonds. The highest BCUT2D eigenvalue weighted by molar-refractivity contribution is 9.10. The van der Waals surface area contributed by atoms with Crippen LogP contribution < -0.4 is 5.32 Å². The van der Waals surface area contributed by atoms with Gasteiger partial charge in [-0.15, -0.1) is 0 Å². The average Bonchev–Trinajstić information content (AvgIpc) is 2.64. The van der Waals surface area contributed by atoms with E-state index in [0.717, 1.165) is 6.42 Å². The van der Waals surface area contributed by atoms with Crippen LogP contribution in [0.5, 0.6) is 0 Å². The standard InChI is InChI=1S/C11H14BrNO2/c1-6-3-9(7(6)2)13-11(14)8-4-10(12)15-5-8/h4-7,9H,3H2,1-2H3,(H,13,14). The molecule has 15 heavy (non-hydrogen) atoms. The van der Waals surface area contributed by atoms with Gasteiger partial charge in [-0.2, -0.15) is 0 Å². The zero-order valence-corrected chi connectivity index (χ0v) is 10.4. The highest BCUT2D eigenvalue weighted by atomic mass is 79.9. The van der Waals surface area contributed by atoms with Gasteiger partial charge in [0.15, 0.2) is 4.67 Å². The van der Waals surface area contributed by atoms with Gasteiger partial charge in [0.05, 0.1) is 5.56 Å². The summed E-state index contributed by atoms with van der Waals surface area (Å²) in [6.07, 6.45) is 2.54. The molecule has 3 atom stereocenters. The number of halogens is 1. The first kappa shape index (κ1) is 10.7. The second-order valence-corrected chi connectivity index (χ2v) is 5.07. The maximum absolute atomic E-state index is 11.7. The van der Waals surface area contributed by atoms with E-state index in [1.54, 1.807) is 6.07 Å². The lowest BCUT2D eigenvalue weighted by Gasteiger charge is -2.41. The molecular formula is C11H14BrNO2. The molecule has 82 valence electrons. The van der Waals surface area contributed by atoms with E-state index in [1.807, 2.05) is 0 Å². The number of amides is 1. The topological polar surface area (TPSA) is 42.2 Å². The monoisotopic (exact) mass is 271 g/mol. The van der Waals surface area contributed by atoms with Crippen LogP contribution >= 0.6 is 15.9 Å². The Balaban J connectivity index is 1.93. The van der Waals surface area contributed by atoms with Gasteiger partial charge in [-0.3, -0.25) is 4.79 Å². The van der Waals surface area contributed by atoms with E-state index in [1.165, 1.54) is 6.26 Å². The third-order valence-corrected chi connectivity index (χ3v) is 3.72. The van der Waals surface area contributed by atoms with Gasteiger partial charge in [-0.25, -0.2) is 0 Å². The van der Waals surface area contributed by atoms with Gasteiger partial charge in [0.25, 0.3) is 5.91 Å². The van der Waals surface area contributed by atoms with Crippen LogP contribution in [0.2, 0.25) is 0 Å². The summed E-state index contributed by atoms with van der Waals surface area (Å²) in [5, 5.41) is 3.01. The predicted molar refractivity (Wildman–Crippen MR) is 60.6 cm³/mol. The van der Waals surface area contributed by atoms with Crippen LogP contribution in [0.3, 0.4) is 0 Å². The molecule has 1 heterocycles. The van der Waals surface area contributed by atoms with E-state index < -0.39 is 0 Å². The molecule has 4 heteroatoms. The van der Waals surface area contributed by atoms with Gasteiger partial charge in [-0.1, -0.05) is 13.8 Å². The molecule has 2 rings (SSSR count). The first-order valence-corrected chi connectivity index (χ1v) is 5.92. The van der Waals surface area contributed by atoms with Crippen molar-refractivity contribution in [3.8, 4) is 0 Å². The van der Waals surface area contributed by atoms with Crippen molar-refractivity contribution < 1.29 is 9.21 Å². The van der Waals surface area contributed by atoms with Crippen molar-refractivity contribution in [1.82, 2.24) is 5.32 Å². The van der Waals surface area contributed by atoms with E-state index in [-0.39, 0.29) is 5.91 Å². The molecule has 1 aromatic rings. The zero-order chi connectivity index (χ0) is 11.0. The van der Waals surface area contributed by atoms with Crippen LogP contribution in [-0.4, -0.2) is 11.9 Å². The number of carbonyl (C=O) groups is 1. The molecule has 1 fully saturated rings. The smallest absolute Gasteiger partial charge is 0.254 e. The van der Waals surface area contributed by atoms with Crippen LogP contribution in [0.25, 0.3) is 0 Å². The van der Waals surface area contributed by atoms with Crippen LogP contribution in [0.15, 0.2) is 21.4 Å². The van der Waals surface area contributed by atoms with Crippen molar-refractivity contribution in [1.29, 1.82) is 0 Å². The number of hydrogen-bond acceptors (Lipinski definition) is 2. The summed E-state index contributed by atoms with van der Waals surface area (Å²) in [5.41, 5.74) is 0.577. The lowest BCUT2D eigenvalue weighted by atomic mass is 9.71. The maximum atomic E-state index is 11.7. The molecule has 1 N–H and O–H groups in total. The quantitative estimate of drug-likeness (QED) is 0.899. The lowest BCUT2D eigenvalue weighted by molar-refractivity contribution is 0.0806. The Morgan fingerprint density at radius 2 is 2.33 bits per heavy atom. The predicted octanol–water partition coefficient (Wildman–Crippen LogP) is 2.82. The summed E-state index contributed by atoms with van der Waals surface area (Å²) in [7, 11) is 0. The van der Waals surface area contributed by atoms with E-state index >= 15 is 0 Å². The fourth-order valence-electron chi connectivity index (χ4n) is 1.90. The number of furan rings is 1. The molecular weight excluding hydrogens is 258 g/mol. The average molecular weight is 272 g/mol. The van der Waals surface area contributed by atoms with Gasteiger partial charge < -0.3 is 9.73 Å². The van der Waals surface area contributed by atoms with Crippen LogP contribution in [-0.2, 0) is 0 Å². The lowest BCUT2D eigenvalue weighted by Crippen LogP contribution is -2.50. The highest BCUT2D eigenvalue weighted by Gasteiger charge is 2.35. The largest absolute Gasteiger partial charge is 0.457 e. The van der Waals surface area contributed by atoms with Gasteiger partial charge in [0.1, 0.15) is 6.26 Å². The minimum Gasteiger partial charge on any atom is -0.457 e. The summed E-state index contributed by atoms with van der Waals surface area (Å²) < 4.78 is 5.61. The molecule has 0 aromatic carbocycles. The fourth-order valence-corrected chi connectivity index (χ4v) is 2.24. The normalized spacial score (nSPS) is 29.7. The van der Waals surface area contributed by atoms with Gasteiger partial charge in [0, 0.05) is 12.1 Å². The summed E-state index contributed by atoms with van der Waals surface area (Å²) in [6.45, 7) is 4.38. The number of nitrogens with one attached hydrogen (secondary N) is 1. The second-order valence-electron chi connectivity index (χ2n) is 4.29. The molecule has 1 aliphatic rings. The fraction of sp³-hybridized carbons (Fsp3) is 0.545. The van der Waals surface area contributed by atoms with Crippen molar-refractivity contribution >= 4 is 21.8 Å². The van der Waals surface area contributed by atoms with E-state index in [9.17, 15) is 4.79 Å². The Morgan fingerprint density at radius 3 is 2.80 bits per heavy atom. The van der Waals surface area contributed by atoms with Crippen molar-refractivity contribution in [3.63, 3.8) is 0 Å². The Kier molecular flexibility index (Phi) is 2.87. The number of carbonyl (C=O) groups excluding carboxylic acids is 1. The molecule has 1 aromatic heterocycles. The molecule has 0 saturated heterocycles. The van der Waals surface area contributed by atoms with Crippen molar-refractivity contribution in [2.24, 2.45) is 11.8 Å². The van der Waals surface area contributed by atoms with Crippen molar-refractivity contribution in [3.05, 3.63) is 22.6 Å². The summed E-state index contributed by atoms with van der Waals surface area (Å²) in [6, 6.07) is 2.00. The van der Waals surface area contributed by atoms with E-state index in [0.29, 0.717) is 28.1 Å². The molecule has 1 saturated carbocycles. The molecule has 0 aliphatic heterocycles. The molecule has 0 radical (unpaired) electrons. The SMILES string of the molecule is CC1CC(NC(=O)c2coc(Br)c2)C1C. The third kappa shape index (κ3) is 2.09. The molecule has 3 unspecified atom stereocenters. The Bertz CT molecular complexity index is 374. The summed E-state index contributed by atoms with van der Waals surface area (Å²) in [5.74, 6) is 1.24. The first-order chi connectivity index (χ1) is 7.08. The minimum absolute atomic E-state index is 0.0480. The molecule has 0 spiro atoms. The highest BCUT2D eigenvalue weighted by Crippen LogP contribution is 2.33. The third-order valence-electron chi connectivity index (χ3n) is 3.30. The van der Waals surface area contributed by atoms with Crippen LogP contribution in [0, 0.1) is 11.8 Å². The Morgan fingerprint density at radius 1 is 1.60 bits per heavy atom. The minimum atomic E-state index is -0.0480. The van der Waals surface area contributed by atoms with Gasteiger partial charge in [0.2, 0.25) is 0 Å². The molecule has 3 nitrogen and oxygen atoms in total. The zero-order valence-electron chi connectivity index (χ0n) is 8.79. The summed E-state index contributed by atoms with van der Waals surface area (Å²) >= 11 is 3.17. The van der Waals surface area contributed by atoms with Crippen LogP contribution in [0.1, 0.15) is 30.6 Å². The molecule has 1 aliphatic carbocycles. The van der Waals surface area contributed by atoms with Crippen molar-refractivity contribution in [2.75, 3.05) is 0 Å². The van der Waals surface area contributed by atoms with E-state index in [4.69, 9.17) is 4.42 Å². The Hall–Kier alpha value is -0.770.